The third-order valence-electron chi connectivity index (χ3n) is 2.47. The molecule has 3 rings (SSSR count). The molecule has 0 spiro atoms. The number of rotatable bonds is 3. The minimum atomic E-state index is 0.616. The van der Waals surface area contributed by atoms with E-state index in [4.69, 9.17) is 5.73 Å². The highest BCUT2D eigenvalue weighted by molar-refractivity contribution is 7.15. The van der Waals surface area contributed by atoms with Crippen LogP contribution in [0.3, 0.4) is 0 Å². The molecule has 0 aliphatic carbocycles. The number of hydrogen-bond acceptors (Lipinski definition) is 4. The molecule has 0 saturated heterocycles. The van der Waals surface area contributed by atoms with Crippen LogP contribution in [0.2, 0.25) is 0 Å². The molecule has 0 fully saturated rings. The van der Waals surface area contributed by atoms with Gasteiger partial charge in [-0.15, -0.1) is 11.3 Å². The molecule has 0 radical (unpaired) electrons. The first-order chi connectivity index (χ1) is 7.90. The molecule has 3 aromatic rings. The lowest BCUT2D eigenvalue weighted by molar-refractivity contribution is 0.879. The van der Waals surface area contributed by atoms with Crippen molar-refractivity contribution in [1.82, 2.24) is 18.9 Å². The summed E-state index contributed by atoms with van der Waals surface area (Å²) in [6.45, 7) is 0.616. The number of aromatic nitrogens is 4. The number of hydrogen-bond donors (Lipinski definition) is 1. The van der Waals surface area contributed by atoms with Gasteiger partial charge in [-0.3, -0.25) is 8.97 Å². The smallest absolute Gasteiger partial charge is 0.195 e. The number of imidazole rings is 2. The molecule has 6 heteroatoms. The highest BCUT2D eigenvalue weighted by Crippen LogP contribution is 2.20. The average Bonchev–Trinajstić information content (AvgIpc) is 2.93. The molecule has 0 saturated carbocycles. The number of thiazole rings is 1. The van der Waals surface area contributed by atoms with E-state index in [9.17, 15) is 0 Å². The van der Waals surface area contributed by atoms with E-state index in [1.807, 2.05) is 22.3 Å². The maximum absolute atomic E-state index is 5.64. The van der Waals surface area contributed by atoms with Crippen LogP contribution < -0.4 is 5.73 Å². The van der Waals surface area contributed by atoms with Gasteiger partial charge in [0.25, 0.3) is 0 Å². The van der Waals surface area contributed by atoms with Crippen LogP contribution in [-0.2, 0) is 6.42 Å². The van der Waals surface area contributed by atoms with Crippen molar-refractivity contribution in [3.05, 3.63) is 36.0 Å². The lowest BCUT2D eigenvalue weighted by Gasteiger charge is -2.02. The molecule has 0 aromatic carbocycles. The van der Waals surface area contributed by atoms with E-state index in [2.05, 4.69) is 14.4 Å². The Morgan fingerprint density at radius 3 is 3.06 bits per heavy atom. The minimum absolute atomic E-state index is 0.616. The molecule has 5 nitrogen and oxygen atoms in total. The van der Waals surface area contributed by atoms with E-state index in [0.29, 0.717) is 6.54 Å². The molecule has 0 aliphatic heterocycles. The zero-order valence-electron chi connectivity index (χ0n) is 8.58. The first kappa shape index (κ1) is 9.56. The van der Waals surface area contributed by atoms with Crippen LogP contribution in [-0.4, -0.2) is 25.5 Å². The molecular weight excluding hydrogens is 222 g/mol. The summed E-state index contributed by atoms with van der Waals surface area (Å²) >= 11 is 1.62. The highest BCUT2D eigenvalue weighted by atomic mass is 32.1. The summed E-state index contributed by atoms with van der Waals surface area (Å²) in [5.41, 5.74) is 6.78. The zero-order chi connectivity index (χ0) is 11.0. The summed E-state index contributed by atoms with van der Waals surface area (Å²) in [4.78, 5) is 9.62. The molecule has 0 unspecified atom stereocenters. The van der Waals surface area contributed by atoms with E-state index in [1.165, 1.54) is 0 Å². The van der Waals surface area contributed by atoms with Crippen molar-refractivity contribution in [1.29, 1.82) is 0 Å². The SMILES string of the molecule is NCCc1c(-n2ccnc2)nc2sccn12. The van der Waals surface area contributed by atoms with Gasteiger partial charge in [-0.05, 0) is 6.54 Å². The lowest BCUT2D eigenvalue weighted by Crippen LogP contribution is -2.07. The standard InChI is InChI=1S/C10H11N5S/c11-2-1-8-9(14-4-3-12-7-14)13-10-15(8)5-6-16-10/h3-7H,1-2,11H2. The largest absolute Gasteiger partial charge is 0.330 e. The van der Waals surface area contributed by atoms with Gasteiger partial charge >= 0.3 is 0 Å². The van der Waals surface area contributed by atoms with Crippen molar-refractivity contribution >= 4 is 16.3 Å². The van der Waals surface area contributed by atoms with Crippen LogP contribution in [0.25, 0.3) is 10.8 Å². The summed E-state index contributed by atoms with van der Waals surface area (Å²) in [5.74, 6) is 0.926. The highest BCUT2D eigenvalue weighted by Gasteiger charge is 2.13. The molecule has 2 N–H and O–H groups in total. The van der Waals surface area contributed by atoms with Crippen molar-refractivity contribution < 1.29 is 0 Å². The molecule has 0 aliphatic rings. The van der Waals surface area contributed by atoms with Gasteiger partial charge in [0.15, 0.2) is 10.8 Å². The van der Waals surface area contributed by atoms with Gasteiger partial charge in [-0.1, -0.05) is 0 Å². The number of nitrogens with two attached hydrogens (primary N) is 1. The van der Waals surface area contributed by atoms with Crippen molar-refractivity contribution in [2.75, 3.05) is 6.54 Å². The third-order valence-corrected chi connectivity index (χ3v) is 3.23. The van der Waals surface area contributed by atoms with Crippen molar-refractivity contribution in [2.24, 2.45) is 5.73 Å². The summed E-state index contributed by atoms with van der Waals surface area (Å²) in [6.07, 6.45) is 8.24. The Hall–Kier alpha value is -1.66. The molecule has 82 valence electrons. The van der Waals surface area contributed by atoms with Crippen LogP contribution in [0.15, 0.2) is 30.3 Å². The van der Waals surface area contributed by atoms with Gasteiger partial charge in [0.05, 0.1) is 5.69 Å². The van der Waals surface area contributed by atoms with Gasteiger partial charge in [-0.2, -0.15) is 0 Å². The summed E-state index contributed by atoms with van der Waals surface area (Å²) < 4.78 is 4.01. The Bertz CT molecular complexity index is 592. The van der Waals surface area contributed by atoms with Crippen LogP contribution >= 0.6 is 11.3 Å². The van der Waals surface area contributed by atoms with Gasteiger partial charge in [0.2, 0.25) is 0 Å². The maximum atomic E-state index is 5.64. The minimum Gasteiger partial charge on any atom is -0.330 e. The second kappa shape index (κ2) is 3.73. The number of fused-ring (bicyclic) bond motifs is 1. The Morgan fingerprint density at radius 2 is 2.31 bits per heavy atom. The monoisotopic (exact) mass is 233 g/mol. The predicted octanol–water partition coefficient (Wildman–Crippen LogP) is 1.08. The molecule has 16 heavy (non-hydrogen) atoms. The molecular formula is C10H11N5S. The lowest BCUT2D eigenvalue weighted by atomic mass is 10.3. The number of nitrogens with zero attached hydrogens (tertiary/aromatic N) is 4. The van der Waals surface area contributed by atoms with Crippen LogP contribution in [0, 0.1) is 0 Å². The van der Waals surface area contributed by atoms with Gasteiger partial charge in [-0.25, -0.2) is 9.97 Å². The fraction of sp³-hybridized carbons (Fsp3) is 0.200. The maximum Gasteiger partial charge on any atom is 0.195 e. The molecule has 0 atom stereocenters. The zero-order valence-corrected chi connectivity index (χ0v) is 9.39. The van der Waals surface area contributed by atoms with Crippen LogP contribution in [0.1, 0.15) is 5.69 Å². The fourth-order valence-corrected chi connectivity index (χ4v) is 2.51. The first-order valence-electron chi connectivity index (χ1n) is 5.03. The van der Waals surface area contributed by atoms with E-state index >= 15 is 0 Å². The van der Waals surface area contributed by atoms with E-state index in [0.717, 1.165) is 22.9 Å². The summed E-state index contributed by atoms with van der Waals surface area (Å²) in [7, 11) is 0. The molecule has 3 heterocycles. The van der Waals surface area contributed by atoms with E-state index in [1.54, 1.807) is 23.9 Å². The molecule has 3 aromatic heterocycles. The molecule has 0 amide bonds. The van der Waals surface area contributed by atoms with Crippen molar-refractivity contribution in [3.63, 3.8) is 0 Å². The Balaban J connectivity index is 2.22. The van der Waals surface area contributed by atoms with Gasteiger partial charge in [0, 0.05) is 30.4 Å². The van der Waals surface area contributed by atoms with Crippen LogP contribution in [0.5, 0.6) is 0 Å². The quantitative estimate of drug-likeness (QED) is 0.736. The van der Waals surface area contributed by atoms with E-state index in [-0.39, 0.29) is 0 Å². The summed E-state index contributed by atoms with van der Waals surface area (Å²) in [6, 6.07) is 0. The predicted molar refractivity (Wildman–Crippen MR) is 62.9 cm³/mol. The second-order valence-electron chi connectivity index (χ2n) is 3.45. The first-order valence-corrected chi connectivity index (χ1v) is 5.91. The molecule has 0 bridgehead atoms. The topological polar surface area (TPSA) is 61.1 Å². The second-order valence-corrected chi connectivity index (χ2v) is 4.32. The van der Waals surface area contributed by atoms with Gasteiger partial charge in [0.1, 0.15) is 6.33 Å². The van der Waals surface area contributed by atoms with E-state index < -0.39 is 0 Å². The third kappa shape index (κ3) is 1.35. The van der Waals surface area contributed by atoms with Crippen molar-refractivity contribution in [2.45, 2.75) is 6.42 Å². The Labute approximate surface area is 96.2 Å². The Morgan fingerprint density at radius 1 is 1.38 bits per heavy atom. The average molecular weight is 233 g/mol. The normalized spacial score (nSPS) is 11.3. The van der Waals surface area contributed by atoms with Crippen molar-refractivity contribution in [3.8, 4) is 5.82 Å². The summed E-state index contributed by atoms with van der Waals surface area (Å²) in [5, 5.41) is 2.03. The Kier molecular flexibility index (Phi) is 2.23. The fourth-order valence-electron chi connectivity index (χ4n) is 1.78. The van der Waals surface area contributed by atoms with Gasteiger partial charge < -0.3 is 5.73 Å². The van der Waals surface area contributed by atoms with Crippen LogP contribution in [0.4, 0.5) is 0 Å².